The van der Waals surface area contributed by atoms with Gasteiger partial charge >= 0.3 is 0 Å². The van der Waals surface area contributed by atoms with Crippen molar-refractivity contribution >= 4 is 0 Å². The Bertz CT molecular complexity index is 431. The third-order valence-corrected chi connectivity index (χ3v) is 4.31. The summed E-state index contributed by atoms with van der Waals surface area (Å²) in [7, 11) is 0. The number of rotatable bonds is 6. The van der Waals surface area contributed by atoms with Crippen molar-refractivity contribution in [3.8, 4) is 5.75 Å². The van der Waals surface area contributed by atoms with Gasteiger partial charge in [0.1, 0.15) is 17.7 Å². The van der Waals surface area contributed by atoms with Gasteiger partial charge in [-0.1, -0.05) is 26.8 Å². The van der Waals surface area contributed by atoms with Gasteiger partial charge in [0.05, 0.1) is 0 Å². The van der Waals surface area contributed by atoms with Gasteiger partial charge in [0.15, 0.2) is 0 Å². The molecule has 0 saturated heterocycles. The highest BCUT2D eigenvalue weighted by atomic mass is 19.1. The quantitative estimate of drug-likeness (QED) is 0.830. The molecule has 0 spiro atoms. The fourth-order valence-electron chi connectivity index (χ4n) is 3.08. The molecule has 2 nitrogen and oxygen atoms in total. The van der Waals surface area contributed by atoms with Crippen LogP contribution in [0.15, 0.2) is 18.2 Å². The molecule has 2 unspecified atom stereocenters. The van der Waals surface area contributed by atoms with Crippen LogP contribution in [0.3, 0.4) is 0 Å². The molecule has 1 aliphatic rings. The molecule has 112 valence electrons. The van der Waals surface area contributed by atoms with Crippen molar-refractivity contribution < 1.29 is 9.13 Å². The fourth-order valence-corrected chi connectivity index (χ4v) is 3.08. The van der Waals surface area contributed by atoms with Crippen molar-refractivity contribution in [3.63, 3.8) is 0 Å². The van der Waals surface area contributed by atoms with Crippen LogP contribution in [0.4, 0.5) is 4.39 Å². The Morgan fingerprint density at radius 2 is 2.05 bits per heavy atom. The van der Waals surface area contributed by atoms with Gasteiger partial charge in [-0.25, -0.2) is 4.39 Å². The van der Waals surface area contributed by atoms with E-state index < -0.39 is 0 Å². The van der Waals surface area contributed by atoms with Crippen molar-refractivity contribution in [2.24, 2.45) is 5.92 Å². The van der Waals surface area contributed by atoms with Crippen molar-refractivity contribution in [2.75, 3.05) is 6.54 Å². The summed E-state index contributed by atoms with van der Waals surface area (Å²) in [4.78, 5) is 0. The average molecular weight is 279 g/mol. The number of fused-ring (bicyclic) bond motifs is 1. The highest BCUT2D eigenvalue weighted by Crippen LogP contribution is 2.38. The molecular formula is C17H26FNO. The monoisotopic (exact) mass is 279 g/mol. The highest BCUT2D eigenvalue weighted by molar-refractivity contribution is 5.38. The van der Waals surface area contributed by atoms with Crippen LogP contribution < -0.4 is 10.1 Å². The predicted molar refractivity (Wildman–Crippen MR) is 80.5 cm³/mol. The third kappa shape index (κ3) is 3.32. The van der Waals surface area contributed by atoms with Crippen molar-refractivity contribution in [2.45, 2.75) is 58.6 Å². The Balaban J connectivity index is 2.24. The number of nitrogens with one attached hydrogen (secondary N) is 1. The molecule has 1 aromatic carbocycles. The molecule has 20 heavy (non-hydrogen) atoms. The van der Waals surface area contributed by atoms with Gasteiger partial charge in [-0.15, -0.1) is 0 Å². The van der Waals surface area contributed by atoms with Crippen LogP contribution in [-0.2, 0) is 0 Å². The zero-order chi connectivity index (χ0) is 14.5. The molecule has 1 aliphatic heterocycles. The molecule has 0 amide bonds. The van der Waals surface area contributed by atoms with E-state index in [-0.39, 0.29) is 18.0 Å². The number of ether oxygens (including phenoxy) is 1. The van der Waals surface area contributed by atoms with Crippen molar-refractivity contribution in [3.05, 3.63) is 29.6 Å². The number of hydrogen-bond donors (Lipinski definition) is 1. The molecule has 1 N–H and O–H groups in total. The summed E-state index contributed by atoms with van der Waals surface area (Å²) >= 11 is 0. The first-order chi connectivity index (χ1) is 9.69. The summed E-state index contributed by atoms with van der Waals surface area (Å²) in [6, 6.07) is 5.20. The third-order valence-electron chi connectivity index (χ3n) is 4.31. The van der Waals surface area contributed by atoms with Gasteiger partial charge in [0.25, 0.3) is 0 Å². The minimum atomic E-state index is -0.219. The molecule has 1 heterocycles. The predicted octanol–water partition coefficient (Wildman–Crippen LogP) is 4.45. The number of halogens is 1. The lowest BCUT2D eigenvalue weighted by atomic mass is 9.87. The Hall–Kier alpha value is -1.09. The minimum Gasteiger partial charge on any atom is -0.490 e. The maximum absolute atomic E-state index is 13.5. The lowest BCUT2D eigenvalue weighted by Crippen LogP contribution is -2.37. The Morgan fingerprint density at radius 3 is 2.70 bits per heavy atom. The Labute approximate surface area is 121 Å². The Kier molecular flexibility index (Phi) is 5.41. The van der Waals surface area contributed by atoms with Gasteiger partial charge in [0.2, 0.25) is 0 Å². The van der Waals surface area contributed by atoms with Crippen LogP contribution in [0.5, 0.6) is 5.75 Å². The van der Waals surface area contributed by atoms with E-state index in [2.05, 4.69) is 26.1 Å². The van der Waals surface area contributed by atoms with Crippen LogP contribution in [0.1, 0.15) is 58.1 Å². The number of benzene rings is 1. The summed E-state index contributed by atoms with van der Waals surface area (Å²) in [6.07, 6.45) is 4.47. The maximum atomic E-state index is 13.5. The van der Waals surface area contributed by atoms with E-state index in [4.69, 9.17) is 4.74 Å². The minimum absolute atomic E-state index is 0.189. The van der Waals surface area contributed by atoms with Crippen LogP contribution in [0, 0.1) is 11.7 Å². The summed E-state index contributed by atoms with van der Waals surface area (Å²) in [5, 5.41) is 3.58. The summed E-state index contributed by atoms with van der Waals surface area (Å²) < 4.78 is 19.6. The molecule has 3 heteroatoms. The summed E-state index contributed by atoms with van der Waals surface area (Å²) in [6.45, 7) is 7.55. The molecule has 2 atom stereocenters. The standard InChI is InChI=1S/C17H26FNO/c1-4-9-19-15-11-16(12(5-2)6-3)20-17-10-13(18)7-8-14(15)17/h7-8,10,12,15-16,19H,4-6,9,11H2,1-3H3. The SMILES string of the molecule is CCCNC1CC(C(CC)CC)Oc2cc(F)ccc21. The summed E-state index contributed by atoms with van der Waals surface area (Å²) in [5.41, 5.74) is 1.10. The Morgan fingerprint density at radius 1 is 1.30 bits per heavy atom. The largest absolute Gasteiger partial charge is 0.490 e. The fraction of sp³-hybridized carbons (Fsp3) is 0.647. The first-order valence-electron chi connectivity index (χ1n) is 7.89. The second-order valence-corrected chi connectivity index (χ2v) is 5.66. The second-order valence-electron chi connectivity index (χ2n) is 5.66. The molecule has 0 fully saturated rings. The van der Waals surface area contributed by atoms with Gasteiger partial charge in [-0.3, -0.25) is 0 Å². The van der Waals surface area contributed by atoms with E-state index in [0.717, 1.165) is 43.5 Å². The summed E-state index contributed by atoms with van der Waals surface area (Å²) in [5.74, 6) is 1.04. The van der Waals surface area contributed by atoms with Gasteiger partial charge in [-0.2, -0.15) is 0 Å². The molecular weight excluding hydrogens is 253 g/mol. The molecule has 0 saturated carbocycles. The number of hydrogen-bond acceptors (Lipinski definition) is 2. The normalized spacial score (nSPS) is 21.6. The maximum Gasteiger partial charge on any atom is 0.127 e. The lowest BCUT2D eigenvalue weighted by molar-refractivity contribution is 0.0875. The molecule has 0 aromatic heterocycles. The highest BCUT2D eigenvalue weighted by Gasteiger charge is 2.31. The molecule has 1 aromatic rings. The van der Waals surface area contributed by atoms with Gasteiger partial charge in [-0.05, 0) is 37.8 Å². The van der Waals surface area contributed by atoms with E-state index >= 15 is 0 Å². The molecule has 0 bridgehead atoms. The lowest BCUT2D eigenvalue weighted by Gasteiger charge is -2.36. The van der Waals surface area contributed by atoms with Crippen molar-refractivity contribution in [1.29, 1.82) is 0 Å². The van der Waals surface area contributed by atoms with E-state index in [1.165, 1.54) is 12.1 Å². The molecule has 0 aliphatic carbocycles. The van der Waals surface area contributed by atoms with Crippen LogP contribution >= 0.6 is 0 Å². The van der Waals surface area contributed by atoms with Crippen LogP contribution in [0.25, 0.3) is 0 Å². The van der Waals surface area contributed by atoms with Crippen LogP contribution in [0.2, 0.25) is 0 Å². The first-order valence-corrected chi connectivity index (χ1v) is 7.89. The zero-order valence-corrected chi connectivity index (χ0v) is 12.8. The van der Waals surface area contributed by atoms with Gasteiger partial charge in [0, 0.05) is 24.1 Å². The van der Waals surface area contributed by atoms with Crippen LogP contribution in [-0.4, -0.2) is 12.6 Å². The molecule has 2 rings (SSSR count). The average Bonchev–Trinajstić information content (AvgIpc) is 2.45. The molecule has 0 radical (unpaired) electrons. The smallest absolute Gasteiger partial charge is 0.127 e. The van der Waals surface area contributed by atoms with Crippen molar-refractivity contribution in [1.82, 2.24) is 5.32 Å². The van der Waals surface area contributed by atoms with E-state index in [1.807, 2.05) is 6.07 Å². The first kappa shape index (κ1) is 15.3. The van der Waals surface area contributed by atoms with E-state index in [9.17, 15) is 4.39 Å². The topological polar surface area (TPSA) is 21.3 Å². The second kappa shape index (κ2) is 7.07. The zero-order valence-electron chi connectivity index (χ0n) is 12.8. The van der Waals surface area contributed by atoms with E-state index in [1.54, 1.807) is 0 Å². The van der Waals surface area contributed by atoms with Gasteiger partial charge < -0.3 is 10.1 Å². The van der Waals surface area contributed by atoms with E-state index in [0.29, 0.717) is 5.92 Å².